The van der Waals surface area contributed by atoms with Gasteiger partial charge in [-0.3, -0.25) is 10.1 Å². The molecule has 0 heterocycles. The van der Waals surface area contributed by atoms with Crippen LogP contribution in [-0.2, 0) is 11.2 Å². The topological polar surface area (TPSA) is 59.6 Å². The van der Waals surface area contributed by atoms with E-state index >= 15 is 0 Å². The SMILES string of the molecule is CNC(=O)[C@H](N[C@H](CCc1ccc(F)cc1)c1ccc(OC)c(OC)c1)c1ccccc1. The molecule has 0 aromatic heterocycles. The van der Waals surface area contributed by atoms with Gasteiger partial charge in [0.2, 0.25) is 5.91 Å². The molecule has 2 atom stereocenters. The number of carbonyl (C=O) groups is 1. The first-order chi connectivity index (χ1) is 15.5. The Labute approximate surface area is 188 Å². The first-order valence-electron chi connectivity index (χ1n) is 10.5. The van der Waals surface area contributed by atoms with Gasteiger partial charge in [0.05, 0.1) is 14.2 Å². The van der Waals surface area contributed by atoms with Gasteiger partial charge in [-0.05, 0) is 53.8 Å². The lowest BCUT2D eigenvalue weighted by atomic mass is 9.96. The second kappa shape index (κ2) is 11.3. The van der Waals surface area contributed by atoms with Crippen molar-refractivity contribution in [3.05, 3.63) is 95.3 Å². The maximum absolute atomic E-state index is 13.3. The Kier molecular flexibility index (Phi) is 8.22. The Hall–Kier alpha value is -3.38. The van der Waals surface area contributed by atoms with Gasteiger partial charge >= 0.3 is 0 Å². The molecule has 32 heavy (non-hydrogen) atoms. The second-order valence-corrected chi connectivity index (χ2v) is 7.46. The molecule has 0 fully saturated rings. The number of ether oxygens (including phenoxy) is 2. The summed E-state index contributed by atoms with van der Waals surface area (Å²) in [5, 5.41) is 6.28. The largest absolute Gasteiger partial charge is 0.493 e. The Bertz CT molecular complexity index is 1010. The number of benzene rings is 3. The molecule has 2 N–H and O–H groups in total. The van der Waals surface area contributed by atoms with Crippen LogP contribution in [0.1, 0.15) is 35.2 Å². The highest BCUT2D eigenvalue weighted by atomic mass is 19.1. The molecule has 0 unspecified atom stereocenters. The van der Waals surface area contributed by atoms with Gasteiger partial charge in [-0.2, -0.15) is 0 Å². The molecule has 3 aromatic carbocycles. The summed E-state index contributed by atoms with van der Waals surface area (Å²) in [6.45, 7) is 0. The lowest BCUT2D eigenvalue weighted by molar-refractivity contribution is -0.123. The molecule has 168 valence electrons. The highest BCUT2D eigenvalue weighted by Crippen LogP contribution is 2.32. The molecule has 3 rings (SSSR count). The highest BCUT2D eigenvalue weighted by Gasteiger charge is 2.24. The van der Waals surface area contributed by atoms with E-state index in [1.807, 2.05) is 48.5 Å². The zero-order valence-corrected chi connectivity index (χ0v) is 18.6. The number of likely N-dealkylation sites (N-methyl/N-ethyl adjacent to an activating group) is 1. The number of halogens is 1. The molecule has 3 aromatic rings. The monoisotopic (exact) mass is 436 g/mol. The second-order valence-electron chi connectivity index (χ2n) is 7.46. The van der Waals surface area contributed by atoms with Crippen molar-refractivity contribution in [3.63, 3.8) is 0 Å². The van der Waals surface area contributed by atoms with Crippen molar-refractivity contribution in [1.29, 1.82) is 0 Å². The first kappa shape index (κ1) is 23.3. The van der Waals surface area contributed by atoms with E-state index in [-0.39, 0.29) is 17.8 Å². The van der Waals surface area contributed by atoms with Gasteiger partial charge in [0, 0.05) is 13.1 Å². The minimum atomic E-state index is -0.535. The fourth-order valence-corrected chi connectivity index (χ4v) is 3.69. The summed E-state index contributed by atoms with van der Waals surface area (Å²) in [6.07, 6.45) is 1.41. The number of methoxy groups -OCH3 is 2. The van der Waals surface area contributed by atoms with Crippen LogP contribution < -0.4 is 20.1 Å². The number of hydrogen-bond acceptors (Lipinski definition) is 4. The number of carbonyl (C=O) groups excluding carboxylic acids is 1. The number of hydrogen-bond donors (Lipinski definition) is 2. The maximum atomic E-state index is 13.3. The molecule has 6 heteroatoms. The number of nitrogens with one attached hydrogen (secondary N) is 2. The molecule has 0 aliphatic heterocycles. The van der Waals surface area contributed by atoms with E-state index in [1.165, 1.54) is 12.1 Å². The normalized spacial score (nSPS) is 12.6. The van der Waals surface area contributed by atoms with E-state index in [9.17, 15) is 9.18 Å². The fourth-order valence-electron chi connectivity index (χ4n) is 3.69. The average molecular weight is 437 g/mol. The van der Waals surface area contributed by atoms with E-state index in [2.05, 4.69) is 10.6 Å². The van der Waals surface area contributed by atoms with Gasteiger partial charge in [0.1, 0.15) is 11.9 Å². The van der Waals surface area contributed by atoms with Gasteiger partial charge in [0.15, 0.2) is 11.5 Å². The van der Waals surface area contributed by atoms with Crippen molar-refractivity contribution in [3.8, 4) is 11.5 Å². The van der Waals surface area contributed by atoms with Gasteiger partial charge in [-0.25, -0.2) is 4.39 Å². The summed E-state index contributed by atoms with van der Waals surface area (Å²) in [4.78, 5) is 12.8. The smallest absolute Gasteiger partial charge is 0.241 e. The fraction of sp³-hybridized carbons (Fsp3) is 0.269. The summed E-state index contributed by atoms with van der Waals surface area (Å²) >= 11 is 0. The maximum Gasteiger partial charge on any atom is 0.241 e. The van der Waals surface area contributed by atoms with E-state index in [0.717, 1.165) is 16.7 Å². The predicted molar refractivity (Wildman–Crippen MR) is 123 cm³/mol. The van der Waals surface area contributed by atoms with Crippen molar-refractivity contribution in [2.75, 3.05) is 21.3 Å². The van der Waals surface area contributed by atoms with Crippen LogP contribution in [0.5, 0.6) is 11.5 Å². The minimum absolute atomic E-state index is 0.122. The summed E-state index contributed by atoms with van der Waals surface area (Å²) in [7, 11) is 4.82. The molecule has 0 bridgehead atoms. The number of amides is 1. The summed E-state index contributed by atoms with van der Waals surface area (Å²) in [5.74, 6) is 0.879. The summed E-state index contributed by atoms with van der Waals surface area (Å²) in [5.41, 5.74) is 2.86. The van der Waals surface area contributed by atoms with Gasteiger partial charge in [0.25, 0.3) is 0 Å². The molecule has 1 amide bonds. The van der Waals surface area contributed by atoms with Gasteiger partial charge in [-0.1, -0.05) is 48.5 Å². The molecule has 5 nitrogen and oxygen atoms in total. The Balaban J connectivity index is 1.93. The minimum Gasteiger partial charge on any atom is -0.493 e. The van der Waals surface area contributed by atoms with Gasteiger partial charge < -0.3 is 14.8 Å². The first-order valence-corrected chi connectivity index (χ1v) is 10.5. The van der Waals surface area contributed by atoms with Crippen LogP contribution in [0.25, 0.3) is 0 Å². The quantitative estimate of drug-likeness (QED) is 0.488. The van der Waals surface area contributed by atoms with E-state index in [4.69, 9.17) is 9.47 Å². The third-order valence-corrected chi connectivity index (χ3v) is 5.45. The molecular formula is C26H29FN2O3. The van der Waals surface area contributed by atoms with E-state index in [0.29, 0.717) is 24.3 Å². The Morgan fingerprint density at radius 3 is 2.22 bits per heavy atom. The standard InChI is InChI=1S/C26H29FN2O3/c1-28-26(30)25(19-7-5-4-6-8-19)29-22(15-11-18-9-13-21(27)14-10-18)20-12-16-23(31-2)24(17-20)32-3/h4-10,12-14,16-17,22,25,29H,11,15H2,1-3H3,(H,28,30)/t22-,25-/m1/s1. The number of rotatable bonds is 10. The van der Waals surface area contributed by atoms with Crippen molar-refractivity contribution < 1.29 is 18.7 Å². The molecule has 0 radical (unpaired) electrons. The van der Waals surface area contributed by atoms with Crippen LogP contribution in [0.3, 0.4) is 0 Å². The van der Waals surface area contributed by atoms with Crippen LogP contribution in [0.15, 0.2) is 72.8 Å². The van der Waals surface area contributed by atoms with Crippen LogP contribution >= 0.6 is 0 Å². The predicted octanol–water partition coefficient (Wildman–Crippen LogP) is 4.59. The Morgan fingerprint density at radius 2 is 1.59 bits per heavy atom. The molecule has 0 spiro atoms. The van der Waals surface area contributed by atoms with Crippen molar-refractivity contribution >= 4 is 5.91 Å². The van der Waals surface area contributed by atoms with Crippen LogP contribution in [0.2, 0.25) is 0 Å². The third kappa shape index (κ3) is 5.86. The molecular weight excluding hydrogens is 407 g/mol. The lowest BCUT2D eigenvalue weighted by Gasteiger charge is -2.26. The summed E-state index contributed by atoms with van der Waals surface area (Å²) in [6, 6.07) is 21.2. The third-order valence-electron chi connectivity index (χ3n) is 5.45. The highest BCUT2D eigenvalue weighted by molar-refractivity contribution is 5.83. The van der Waals surface area contributed by atoms with E-state index in [1.54, 1.807) is 33.4 Å². The molecule has 0 aliphatic carbocycles. The van der Waals surface area contributed by atoms with Crippen LogP contribution in [-0.4, -0.2) is 27.2 Å². The summed E-state index contributed by atoms with van der Waals surface area (Å²) < 4.78 is 24.2. The zero-order chi connectivity index (χ0) is 22.9. The Morgan fingerprint density at radius 1 is 0.906 bits per heavy atom. The lowest BCUT2D eigenvalue weighted by Crippen LogP contribution is -2.38. The zero-order valence-electron chi connectivity index (χ0n) is 18.6. The average Bonchev–Trinajstić information content (AvgIpc) is 2.85. The molecule has 0 saturated heterocycles. The van der Waals surface area contributed by atoms with Crippen molar-refractivity contribution in [2.24, 2.45) is 0 Å². The number of aryl methyl sites for hydroxylation is 1. The molecule has 0 aliphatic rings. The van der Waals surface area contributed by atoms with Crippen molar-refractivity contribution in [1.82, 2.24) is 10.6 Å². The van der Waals surface area contributed by atoms with E-state index < -0.39 is 6.04 Å². The van der Waals surface area contributed by atoms with Crippen molar-refractivity contribution in [2.45, 2.75) is 24.9 Å². The molecule has 0 saturated carbocycles. The van der Waals surface area contributed by atoms with Crippen LogP contribution in [0, 0.1) is 5.82 Å². The van der Waals surface area contributed by atoms with Crippen LogP contribution in [0.4, 0.5) is 4.39 Å². The van der Waals surface area contributed by atoms with Gasteiger partial charge in [-0.15, -0.1) is 0 Å².